The summed E-state index contributed by atoms with van der Waals surface area (Å²) in [6.07, 6.45) is 7.93. The third-order valence-electron chi connectivity index (χ3n) is 3.95. The number of allylic oxidation sites excluding steroid dienone is 2. The first kappa shape index (κ1) is 12.0. The van der Waals surface area contributed by atoms with Crippen LogP contribution < -0.4 is 15.8 Å². The largest absolute Gasteiger partial charge is 0.481 e. The minimum Gasteiger partial charge on any atom is -0.481 e. The molecule has 98 valence electrons. The smallest absolute Gasteiger partial charge is 0.308 e. The van der Waals surface area contributed by atoms with Gasteiger partial charge in [-0.2, -0.15) is 0 Å². The van der Waals surface area contributed by atoms with Gasteiger partial charge in [-0.3, -0.25) is 4.79 Å². The number of fused-ring (bicyclic) bond motifs is 2. The molecule has 0 spiro atoms. The van der Waals surface area contributed by atoms with Gasteiger partial charge in [0.1, 0.15) is 0 Å². The van der Waals surface area contributed by atoms with Crippen LogP contribution in [0.1, 0.15) is 12.8 Å². The van der Waals surface area contributed by atoms with Crippen LogP contribution >= 0.6 is 0 Å². The van der Waals surface area contributed by atoms with E-state index in [0.717, 1.165) is 12.8 Å². The van der Waals surface area contributed by atoms with Gasteiger partial charge in [0.2, 0.25) is 0 Å². The van der Waals surface area contributed by atoms with Crippen molar-refractivity contribution in [3.63, 3.8) is 0 Å². The summed E-state index contributed by atoms with van der Waals surface area (Å²) >= 11 is 0. The molecule has 19 heavy (non-hydrogen) atoms. The molecular formula is C16H17NO2. The van der Waals surface area contributed by atoms with Gasteiger partial charge in [0, 0.05) is 23.4 Å². The Hall–Kier alpha value is -2.03. The van der Waals surface area contributed by atoms with Crippen molar-refractivity contribution in [2.75, 3.05) is 6.54 Å². The summed E-state index contributed by atoms with van der Waals surface area (Å²) < 4.78 is 0. The number of piperidine rings is 1. The summed E-state index contributed by atoms with van der Waals surface area (Å²) in [7, 11) is 0. The average Bonchev–Trinajstić information content (AvgIpc) is 2.41. The normalized spacial score (nSPS) is 25.2. The lowest BCUT2D eigenvalue weighted by molar-refractivity contribution is -0.142. The summed E-state index contributed by atoms with van der Waals surface area (Å²) in [5.41, 5.74) is 1.20. The number of hydrogen-bond acceptors (Lipinski definition) is 2. The maximum Gasteiger partial charge on any atom is 0.308 e. The SMILES string of the molecule is O=C(O)C1CNC2=c3ccccc3=CC=CCC2C1. The molecule has 2 unspecified atom stereocenters. The molecule has 1 saturated heterocycles. The summed E-state index contributed by atoms with van der Waals surface area (Å²) in [5.74, 6) is -0.698. The second-order valence-corrected chi connectivity index (χ2v) is 5.18. The number of carbonyl (C=O) groups is 1. The van der Waals surface area contributed by atoms with Crippen molar-refractivity contribution in [2.45, 2.75) is 12.8 Å². The standard InChI is InChI=1S/C16H17NO2/c18-16(19)13-9-12-7-2-1-5-11-6-3-4-8-14(11)15(12)17-10-13/h1-6,8,12-13,17H,7,9-10H2,(H,18,19). The van der Waals surface area contributed by atoms with E-state index in [1.165, 1.54) is 16.1 Å². The second kappa shape index (κ2) is 4.92. The summed E-state index contributed by atoms with van der Waals surface area (Å²) in [6.45, 7) is 0.527. The van der Waals surface area contributed by atoms with Gasteiger partial charge in [-0.25, -0.2) is 0 Å². The van der Waals surface area contributed by atoms with Crippen LogP contribution in [-0.4, -0.2) is 17.6 Å². The third-order valence-corrected chi connectivity index (χ3v) is 3.95. The fraction of sp³-hybridized carbons (Fsp3) is 0.312. The van der Waals surface area contributed by atoms with E-state index in [-0.39, 0.29) is 11.8 Å². The molecule has 0 saturated carbocycles. The zero-order valence-electron chi connectivity index (χ0n) is 10.7. The van der Waals surface area contributed by atoms with Crippen LogP contribution in [0.3, 0.4) is 0 Å². The molecule has 2 N–H and O–H groups in total. The van der Waals surface area contributed by atoms with Crippen LogP contribution in [0, 0.1) is 11.8 Å². The molecule has 1 aromatic rings. The zero-order chi connectivity index (χ0) is 13.2. The highest BCUT2D eigenvalue weighted by atomic mass is 16.4. The van der Waals surface area contributed by atoms with Crippen molar-refractivity contribution in [1.29, 1.82) is 0 Å². The van der Waals surface area contributed by atoms with E-state index in [1.54, 1.807) is 0 Å². The molecule has 0 radical (unpaired) electrons. The van der Waals surface area contributed by atoms with Crippen molar-refractivity contribution in [1.82, 2.24) is 5.32 Å². The van der Waals surface area contributed by atoms with E-state index in [9.17, 15) is 9.90 Å². The molecule has 3 rings (SSSR count). The van der Waals surface area contributed by atoms with E-state index in [0.29, 0.717) is 6.54 Å². The fourth-order valence-electron chi connectivity index (χ4n) is 2.94. The second-order valence-electron chi connectivity index (χ2n) is 5.18. The number of hydrogen-bond donors (Lipinski definition) is 2. The summed E-state index contributed by atoms with van der Waals surface area (Å²) in [6, 6.07) is 8.28. The Bertz CT molecular complexity index is 645. The topological polar surface area (TPSA) is 49.3 Å². The van der Waals surface area contributed by atoms with Gasteiger partial charge in [-0.15, -0.1) is 0 Å². The van der Waals surface area contributed by atoms with Crippen LogP contribution in [0.5, 0.6) is 0 Å². The van der Waals surface area contributed by atoms with Crippen molar-refractivity contribution in [3.8, 4) is 0 Å². The Morgan fingerprint density at radius 1 is 1.32 bits per heavy atom. The van der Waals surface area contributed by atoms with E-state index in [2.05, 4.69) is 35.7 Å². The van der Waals surface area contributed by atoms with E-state index < -0.39 is 5.97 Å². The minimum absolute atomic E-state index is 0.279. The van der Waals surface area contributed by atoms with E-state index in [1.807, 2.05) is 12.1 Å². The summed E-state index contributed by atoms with van der Waals surface area (Å²) in [5, 5.41) is 14.9. The molecule has 3 heteroatoms. The third kappa shape index (κ3) is 2.28. The zero-order valence-corrected chi connectivity index (χ0v) is 10.7. The molecule has 1 aliphatic heterocycles. The van der Waals surface area contributed by atoms with Gasteiger partial charge < -0.3 is 10.4 Å². The molecule has 1 aromatic carbocycles. The van der Waals surface area contributed by atoms with E-state index in [4.69, 9.17) is 0 Å². The van der Waals surface area contributed by atoms with Gasteiger partial charge in [0.05, 0.1) is 5.92 Å². The van der Waals surface area contributed by atoms with Gasteiger partial charge in [-0.1, -0.05) is 42.5 Å². The van der Waals surface area contributed by atoms with Crippen molar-refractivity contribution in [2.24, 2.45) is 11.8 Å². The Balaban J connectivity index is 2.11. The highest BCUT2D eigenvalue weighted by Gasteiger charge is 2.29. The van der Waals surface area contributed by atoms with Gasteiger partial charge in [0.15, 0.2) is 0 Å². The van der Waals surface area contributed by atoms with Crippen LogP contribution in [0.25, 0.3) is 11.8 Å². The number of aliphatic carboxylic acids is 1. The lowest BCUT2D eigenvalue weighted by Gasteiger charge is -2.31. The van der Waals surface area contributed by atoms with Crippen molar-refractivity contribution >= 4 is 17.7 Å². The molecule has 1 aliphatic carbocycles. The lowest BCUT2D eigenvalue weighted by atomic mass is 9.84. The molecular weight excluding hydrogens is 238 g/mol. The lowest BCUT2D eigenvalue weighted by Crippen LogP contribution is -2.43. The van der Waals surface area contributed by atoms with Crippen LogP contribution in [0.4, 0.5) is 0 Å². The van der Waals surface area contributed by atoms with Gasteiger partial charge >= 0.3 is 5.97 Å². The van der Waals surface area contributed by atoms with Crippen molar-refractivity contribution in [3.05, 3.63) is 46.9 Å². The first-order chi connectivity index (χ1) is 9.25. The highest BCUT2D eigenvalue weighted by molar-refractivity contribution is 5.71. The quantitative estimate of drug-likeness (QED) is 0.782. The monoisotopic (exact) mass is 255 g/mol. The van der Waals surface area contributed by atoms with Gasteiger partial charge in [0.25, 0.3) is 0 Å². The Morgan fingerprint density at radius 2 is 2.16 bits per heavy atom. The maximum absolute atomic E-state index is 11.2. The predicted molar refractivity (Wildman–Crippen MR) is 74.6 cm³/mol. The molecule has 2 aliphatic rings. The molecule has 0 bridgehead atoms. The predicted octanol–water partition coefficient (Wildman–Crippen LogP) is 0.845. The van der Waals surface area contributed by atoms with Crippen LogP contribution in [0.2, 0.25) is 0 Å². The Labute approximate surface area is 112 Å². The first-order valence-corrected chi connectivity index (χ1v) is 6.68. The number of benzene rings is 1. The first-order valence-electron chi connectivity index (χ1n) is 6.68. The number of nitrogens with one attached hydrogen (secondary N) is 1. The average molecular weight is 255 g/mol. The van der Waals surface area contributed by atoms with Crippen LogP contribution in [0.15, 0.2) is 36.4 Å². The Morgan fingerprint density at radius 3 is 3.00 bits per heavy atom. The summed E-state index contributed by atoms with van der Waals surface area (Å²) in [4.78, 5) is 11.2. The fourth-order valence-corrected chi connectivity index (χ4v) is 2.94. The maximum atomic E-state index is 11.2. The van der Waals surface area contributed by atoms with Crippen LogP contribution in [-0.2, 0) is 4.79 Å². The molecule has 3 nitrogen and oxygen atoms in total. The molecule has 1 fully saturated rings. The van der Waals surface area contributed by atoms with Crippen molar-refractivity contribution < 1.29 is 9.90 Å². The number of carboxylic acids is 1. The van der Waals surface area contributed by atoms with Gasteiger partial charge in [-0.05, 0) is 18.1 Å². The number of rotatable bonds is 1. The minimum atomic E-state index is -0.697. The van der Waals surface area contributed by atoms with E-state index >= 15 is 0 Å². The number of carboxylic acid groups (broad SMARTS) is 1. The molecule has 2 atom stereocenters. The molecule has 1 heterocycles. The highest BCUT2D eigenvalue weighted by Crippen LogP contribution is 2.27. The molecule has 0 aromatic heterocycles. The molecule has 0 amide bonds. The Kier molecular flexibility index (Phi) is 3.11.